The van der Waals surface area contributed by atoms with Gasteiger partial charge in [0.1, 0.15) is 0 Å². The van der Waals surface area contributed by atoms with Gasteiger partial charge in [-0.15, -0.1) is 0 Å². The Kier molecular flexibility index (Phi) is 4.99. The van der Waals surface area contributed by atoms with E-state index < -0.39 is 0 Å². The van der Waals surface area contributed by atoms with Crippen LogP contribution in [0.25, 0.3) is 0 Å². The van der Waals surface area contributed by atoms with Gasteiger partial charge in [0.15, 0.2) is 0 Å². The summed E-state index contributed by atoms with van der Waals surface area (Å²) in [6.45, 7) is 6.73. The number of aryl methyl sites for hydroxylation is 1. The van der Waals surface area contributed by atoms with Crippen molar-refractivity contribution in [3.8, 4) is 0 Å². The van der Waals surface area contributed by atoms with Crippen LogP contribution in [0.2, 0.25) is 0 Å². The molecule has 0 atom stereocenters. The van der Waals surface area contributed by atoms with Crippen molar-refractivity contribution in [1.82, 2.24) is 5.32 Å². The van der Waals surface area contributed by atoms with Crippen LogP contribution < -0.4 is 10.6 Å². The van der Waals surface area contributed by atoms with E-state index in [-0.39, 0.29) is 11.9 Å². The Bertz CT molecular complexity index is 603. The largest absolute Gasteiger partial charge is 0.381 e. The van der Waals surface area contributed by atoms with E-state index in [2.05, 4.69) is 41.8 Å². The molecule has 0 radical (unpaired) electrons. The van der Waals surface area contributed by atoms with Gasteiger partial charge < -0.3 is 10.6 Å². The molecular formula is C18H22N2O. The molecule has 2 aromatic carbocycles. The second-order valence-corrected chi connectivity index (χ2v) is 5.55. The number of hydrogen-bond donors (Lipinski definition) is 2. The molecule has 2 aromatic rings. The van der Waals surface area contributed by atoms with Crippen LogP contribution in [0.4, 0.5) is 5.69 Å². The molecule has 0 fully saturated rings. The lowest BCUT2D eigenvalue weighted by molar-refractivity contribution is 0.0943. The normalized spacial score (nSPS) is 10.5. The van der Waals surface area contributed by atoms with E-state index in [1.54, 1.807) is 0 Å². The highest BCUT2D eigenvalue weighted by Crippen LogP contribution is 2.13. The Balaban J connectivity index is 2.00. The maximum atomic E-state index is 12.0. The zero-order valence-electron chi connectivity index (χ0n) is 12.8. The molecule has 0 bridgehead atoms. The van der Waals surface area contributed by atoms with Crippen molar-refractivity contribution >= 4 is 11.6 Å². The molecule has 3 heteroatoms. The van der Waals surface area contributed by atoms with E-state index >= 15 is 0 Å². The summed E-state index contributed by atoms with van der Waals surface area (Å²) in [6.07, 6.45) is 0. The molecule has 110 valence electrons. The molecule has 2 rings (SSSR count). The van der Waals surface area contributed by atoms with Crippen LogP contribution in [0.1, 0.15) is 35.3 Å². The highest BCUT2D eigenvalue weighted by Gasteiger charge is 2.07. The number of amides is 1. The van der Waals surface area contributed by atoms with Crippen LogP contribution in [0.5, 0.6) is 0 Å². The number of hydrogen-bond acceptors (Lipinski definition) is 2. The molecule has 1 amide bonds. The van der Waals surface area contributed by atoms with Crippen molar-refractivity contribution in [2.24, 2.45) is 0 Å². The van der Waals surface area contributed by atoms with Crippen molar-refractivity contribution in [3.63, 3.8) is 0 Å². The molecular weight excluding hydrogens is 260 g/mol. The number of nitrogens with one attached hydrogen (secondary N) is 2. The SMILES string of the molecule is Cc1ccc(CNc2cccc(C(=O)NC(C)C)c2)cc1. The number of rotatable bonds is 5. The summed E-state index contributed by atoms with van der Waals surface area (Å²) in [5.41, 5.74) is 4.10. The first-order valence-corrected chi connectivity index (χ1v) is 7.25. The van der Waals surface area contributed by atoms with Crippen molar-refractivity contribution < 1.29 is 4.79 Å². The van der Waals surface area contributed by atoms with Crippen LogP contribution >= 0.6 is 0 Å². The molecule has 0 saturated heterocycles. The van der Waals surface area contributed by atoms with Gasteiger partial charge in [0.05, 0.1) is 0 Å². The van der Waals surface area contributed by atoms with Crippen molar-refractivity contribution in [1.29, 1.82) is 0 Å². The Labute approximate surface area is 126 Å². The van der Waals surface area contributed by atoms with Crippen molar-refractivity contribution in [2.75, 3.05) is 5.32 Å². The van der Waals surface area contributed by atoms with Gasteiger partial charge in [-0.1, -0.05) is 35.9 Å². The third-order valence-electron chi connectivity index (χ3n) is 3.16. The van der Waals surface area contributed by atoms with E-state index in [1.165, 1.54) is 11.1 Å². The minimum Gasteiger partial charge on any atom is -0.381 e. The molecule has 0 unspecified atom stereocenters. The molecule has 0 spiro atoms. The number of benzene rings is 2. The van der Waals surface area contributed by atoms with E-state index in [4.69, 9.17) is 0 Å². The van der Waals surface area contributed by atoms with Gasteiger partial charge in [-0.05, 0) is 44.5 Å². The highest BCUT2D eigenvalue weighted by molar-refractivity contribution is 5.95. The maximum absolute atomic E-state index is 12.0. The van der Waals surface area contributed by atoms with Crippen LogP contribution in [0.15, 0.2) is 48.5 Å². The Morgan fingerprint density at radius 1 is 1.10 bits per heavy atom. The lowest BCUT2D eigenvalue weighted by atomic mass is 10.1. The summed E-state index contributed by atoms with van der Waals surface area (Å²) in [7, 11) is 0. The zero-order valence-corrected chi connectivity index (χ0v) is 12.8. The fourth-order valence-electron chi connectivity index (χ4n) is 2.03. The smallest absolute Gasteiger partial charge is 0.251 e. The number of carbonyl (C=O) groups excluding carboxylic acids is 1. The molecule has 2 N–H and O–H groups in total. The van der Waals surface area contributed by atoms with Gasteiger partial charge in [-0.3, -0.25) is 4.79 Å². The first-order chi connectivity index (χ1) is 10.0. The van der Waals surface area contributed by atoms with E-state index in [1.807, 2.05) is 38.1 Å². The standard InChI is InChI=1S/C18H22N2O/c1-13(2)20-18(21)16-5-4-6-17(11-16)19-12-15-9-7-14(3)8-10-15/h4-11,13,19H,12H2,1-3H3,(H,20,21). The van der Waals surface area contributed by atoms with Crippen molar-refractivity contribution in [2.45, 2.75) is 33.4 Å². The summed E-state index contributed by atoms with van der Waals surface area (Å²) in [5, 5.41) is 6.25. The predicted octanol–water partition coefficient (Wildman–Crippen LogP) is 3.75. The second-order valence-electron chi connectivity index (χ2n) is 5.55. The second kappa shape index (κ2) is 6.93. The zero-order chi connectivity index (χ0) is 15.2. The van der Waals surface area contributed by atoms with Gasteiger partial charge in [0.2, 0.25) is 0 Å². The predicted molar refractivity (Wildman–Crippen MR) is 87.5 cm³/mol. The fraction of sp³-hybridized carbons (Fsp3) is 0.278. The fourth-order valence-corrected chi connectivity index (χ4v) is 2.03. The summed E-state index contributed by atoms with van der Waals surface area (Å²) in [4.78, 5) is 12.0. The van der Waals surface area contributed by atoms with Crippen LogP contribution in [0.3, 0.4) is 0 Å². The topological polar surface area (TPSA) is 41.1 Å². The van der Waals surface area contributed by atoms with Crippen LogP contribution in [-0.2, 0) is 6.54 Å². The Morgan fingerprint density at radius 2 is 1.81 bits per heavy atom. The third-order valence-corrected chi connectivity index (χ3v) is 3.16. The third kappa shape index (κ3) is 4.63. The summed E-state index contributed by atoms with van der Waals surface area (Å²) in [5.74, 6) is -0.0380. The van der Waals surface area contributed by atoms with Gasteiger partial charge in [-0.2, -0.15) is 0 Å². The van der Waals surface area contributed by atoms with Crippen LogP contribution in [-0.4, -0.2) is 11.9 Å². The van der Waals surface area contributed by atoms with E-state index in [9.17, 15) is 4.79 Å². The molecule has 0 aliphatic heterocycles. The van der Waals surface area contributed by atoms with E-state index in [0.717, 1.165) is 12.2 Å². The first-order valence-electron chi connectivity index (χ1n) is 7.25. The summed E-state index contributed by atoms with van der Waals surface area (Å²) in [6, 6.07) is 16.1. The molecule has 0 aliphatic carbocycles. The minimum atomic E-state index is -0.0380. The molecule has 0 heterocycles. The lowest BCUT2D eigenvalue weighted by Gasteiger charge is -2.11. The minimum absolute atomic E-state index is 0.0380. The average molecular weight is 282 g/mol. The van der Waals surface area contributed by atoms with Gasteiger partial charge in [0.25, 0.3) is 5.91 Å². The monoisotopic (exact) mass is 282 g/mol. The average Bonchev–Trinajstić information content (AvgIpc) is 2.46. The molecule has 0 aliphatic rings. The van der Waals surface area contributed by atoms with Crippen molar-refractivity contribution in [3.05, 3.63) is 65.2 Å². The maximum Gasteiger partial charge on any atom is 0.251 e. The molecule has 0 aromatic heterocycles. The number of anilines is 1. The molecule has 21 heavy (non-hydrogen) atoms. The van der Waals surface area contributed by atoms with E-state index in [0.29, 0.717) is 5.56 Å². The molecule has 3 nitrogen and oxygen atoms in total. The molecule has 0 saturated carbocycles. The summed E-state index contributed by atoms with van der Waals surface area (Å²) >= 11 is 0. The Morgan fingerprint density at radius 3 is 2.48 bits per heavy atom. The van der Waals surface area contributed by atoms with Gasteiger partial charge in [0, 0.05) is 23.8 Å². The van der Waals surface area contributed by atoms with Gasteiger partial charge in [-0.25, -0.2) is 0 Å². The lowest BCUT2D eigenvalue weighted by Crippen LogP contribution is -2.30. The highest BCUT2D eigenvalue weighted by atomic mass is 16.1. The number of carbonyl (C=O) groups is 1. The quantitative estimate of drug-likeness (QED) is 0.877. The summed E-state index contributed by atoms with van der Waals surface area (Å²) < 4.78 is 0. The Hall–Kier alpha value is -2.29. The van der Waals surface area contributed by atoms with Gasteiger partial charge >= 0.3 is 0 Å². The van der Waals surface area contributed by atoms with Crippen LogP contribution in [0, 0.1) is 6.92 Å². The first kappa shape index (κ1) is 15.1.